The predicted octanol–water partition coefficient (Wildman–Crippen LogP) is 3.00. The minimum absolute atomic E-state index is 0.431. The lowest BCUT2D eigenvalue weighted by atomic mass is 9.95. The third kappa shape index (κ3) is 5.10. The van der Waals surface area contributed by atoms with Crippen LogP contribution in [0.25, 0.3) is 0 Å². The SMILES string of the molecule is Cc1cc(C)c(C(O)CN(C)CCOCC2CC2)c(C)c1. The largest absolute Gasteiger partial charge is 0.387 e. The quantitative estimate of drug-likeness (QED) is 0.747. The summed E-state index contributed by atoms with van der Waals surface area (Å²) in [6.07, 6.45) is 2.24. The van der Waals surface area contributed by atoms with Crippen molar-refractivity contribution in [1.82, 2.24) is 4.90 Å². The van der Waals surface area contributed by atoms with E-state index < -0.39 is 6.10 Å². The van der Waals surface area contributed by atoms with E-state index in [4.69, 9.17) is 4.74 Å². The zero-order valence-corrected chi connectivity index (χ0v) is 13.9. The highest BCUT2D eigenvalue weighted by molar-refractivity contribution is 5.39. The maximum atomic E-state index is 10.5. The molecule has 0 amide bonds. The summed E-state index contributed by atoms with van der Waals surface area (Å²) in [7, 11) is 2.04. The topological polar surface area (TPSA) is 32.7 Å². The van der Waals surface area contributed by atoms with Crippen LogP contribution in [0.2, 0.25) is 0 Å². The van der Waals surface area contributed by atoms with Gasteiger partial charge in [-0.3, -0.25) is 0 Å². The molecule has 0 aromatic heterocycles. The molecule has 118 valence electrons. The Morgan fingerprint density at radius 1 is 1.24 bits per heavy atom. The van der Waals surface area contributed by atoms with Crippen LogP contribution in [0.4, 0.5) is 0 Å². The van der Waals surface area contributed by atoms with Crippen LogP contribution in [0, 0.1) is 26.7 Å². The van der Waals surface area contributed by atoms with E-state index in [2.05, 4.69) is 37.8 Å². The van der Waals surface area contributed by atoms with Crippen LogP contribution in [0.15, 0.2) is 12.1 Å². The molecule has 2 rings (SSSR count). The minimum Gasteiger partial charge on any atom is -0.387 e. The smallest absolute Gasteiger partial charge is 0.0921 e. The Kier molecular flexibility index (Phi) is 5.80. The van der Waals surface area contributed by atoms with Crippen molar-refractivity contribution in [3.8, 4) is 0 Å². The fourth-order valence-electron chi connectivity index (χ4n) is 2.95. The Balaban J connectivity index is 1.80. The lowest BCUT2D eigenvalue weighted by Crippen LogP contribution is -2.29. The van der Waals surface area contributed by atoms with E-state index in [1.165, 1.54) is 29.5 Å². The van der Waals surface area contributed by atoms with Crippen molar-refractivity contribution in [2.45, 2.75) is 39.7 Å². The molecule has 0 aliphatic heterocycles. The first-order valence-corrected chi connectivity index (χ1v) is 7.99. The Morgan fingerprint density at radius 3 is 2.43 bits per heavy atom. The molecular weight excluding hydrogens is 262 g/mol. The highest BCUT2D eigenvalue weighted by atomic mass is 16.5. The molecule has 1 N–H and O–H groups in total. The van der Waals surface area contributed by atoms with Gasteiger partial charge in [-0.2, -0.15) is 0 Å². The van der Waals surface area contributed by atoms with Gasteiger partial charge in [-0.25, -0.2) is 0 Å². The third-order valence-electron chi connectivity index (χ3n) is 4.22. The van der Waals surface area contributed by atoms with Gasteiger partial charge in [0.05, 0.1) is 12.7 Å². The normalized spacial score (nSPS) is 16.5. The predicted molar refractivity (Wildman–Crippen MR) is 86.7 cm³/mol. The van der Waals surface area contributed by atoms with E-state index in [0.29, 0.717) is 6.54 Å². The number of rotatable bonds is 8. The van der Waals surface area contributed by atoms with Gasteiger partial charge in [0.1, 0.15) is 0 Å². The van der Waals surface area contributed by atoms with Crippen molar-refractivity contribution in [2.75, 3.05) is 33.4 Å². The van der Waals surface area contributed by atoms with Crippen LogP contribution in [-0.4, -0.2) is 43.4 Å². The summed E-state index contributed by atoms with van der Waals surface area (Å²) in [6.45, 7) is 9.44. The number of nitrogens with zero attached hydrogens (tertiary/aromatic N) is 1. The average molecular weight is 291 g/mol. The first-order chi connectivity index (χ1) is 9.97. The van der Waals surface area contributed by atoms with Crippen molar-refractivity contribution < 1.29 is 9.84 Å². The fraction of sp³-hybridized carbons (Fsp3) is 0.667. The van der Waals surface area contributed by atoms with Crippen LogP contribution in [0.3, 0.4) is 0 Å². The monoisotopic (exact) mass is 291 g/mol. The molecule has 1 saturated carbocycles. The molecule has 1 aliphatic rings. The number of aliphatic hydroxyl groups is 1. The van der Waals surface area contributed by atoms with Gasteiger partial charge < -0.3 is 14.7 Å². The van der Waals surface area contributed by atoms with Crippen LogP contribution in [-0.2, 0) is 4.74 Å². The third-order valence-corrected chi connectivity index (χ3v) is 4.22. The second kappa shape index (κ2) is 7.39. The zero-order valence-electron chi connectivity index (χ0n) is 13.9. The van der Waals surface area contributed by atoms with Crippen LogP contribution < -0.4 is 0 Å². The molecule has 0 bridgehead atoms. The van der Waals surface area contributed by atoms with Gasteiger partial charge in [0.15, 0.2) is 0 Å². The second-order valence-corrected chi connectivity index (χ2v) is 6.61. The van der Waals surface area contributed by atoms with Crippen molar-refractivity contribution in [3.05, 3.63) is 34.4 Å². The molecule has 1 unspecified atom stereocenters. The van der Waals surface area contributed by atoms with Crippen molar-refractivity contribution in [3.63, 3.8) is 0 Å². The highest BCUT2D eigenvalue weighted by Crippen LogP contribution is 2.28. The molecule has 0 spiro atoms. The first-order valence-electron chi connectivity index (χ1n) is 7.99. The molecule has 1 atom stereocenters. The van der Waals surface area contributed by atoms with Crippen molar-refractivity contribution >= 4 is 0 Å². The molecule has 1 aliphatic carbocycles. The van der Waals surface area contributed by atoms with Gasteiger partial charge in [0.2, 0.25) is 0 Å². The van der Waals surface area contributed by atoms with Gasteiger partial charge in [-0.1, -0.05) is 17.7 Å². The Hall–Kier alpha value is -0.900. The van der Waals surface area contributed by atoms with Crippen molar-refractivity contribution in [2.24, 2.45) is 5.92 Å². The molecule has 1 fully saturated rings. The number of benzene rings is 1. The average Bonchev–Trinajstić information content (AvgIpc) is 3.17. The Morgan fingerprint density at radius 2 is 1.86 bits per heavy atom. The molecule has 1 aromatic carbocycles. The number of aryl methyl sites for hydroxylation is 3. The Bertz CT molecular complexity index is 445. The number of hydrogen-bond donors (Lipinski definition) is 1. The first kappa shape index (κ1) is 16.5. The number of ether oxygens (including phenoxy) is 1. The van der Waals surface area contributed by atoms with Gasteiger partial charge >= 0.3 is 0 Å². The number of hydrogen-bond acceptors (Lipinski definition) is 3. The number of likely N-dealkylation sites (N-methyl/N-ethyl adjacent to an activating group) is 1. The van der Waals surface area contributed by atoms with E-state index in [1.54, 1.807) is 0 Å². The molecule has 3 heteroatoms. The standard InChI is InChI=1S/C18H29NO2/c1-13-9-14(2)18(15(3)10-13)17(20)11-19(4)7-8-21-12-16-5-6-16/h9-10,16-17,20H,5-8,11-12H2,1-4H3. The fourth-order valence-corrected chi connectivity index (χ4v) is 2.95. The van der Waals surface area contributed by atoms with E-state index >= 15 is 0 Å². The summed E-state index contributed by atoms with van der Waals surface area (Å²) in [6, 6.07) is 4.29. The van der Waals surface area contributed by atoms with E-state index in [9.17, 15) is 5.11 Å². The number of aliphatic hydroxyl groups excluding tert-OH is 1. The lowest BCUT2D eigenvalue weighted by Gasteiger charge is -2.23. The summed E-state index contributed by atoms with van der Waals surface area (Å²) in [5, 5.41) is 10.5. The van der Waals surface area contributed by atoms with Crippen LogP contribution in [0.5, 0.6) is 0 Å². The molecule has 0 heterocycles. The zero-order chi connectivity index (χ0) is 15.4. The summed E-state index contributed by atoms with van der Waals surface area (Å²) in [5.74, 6) is 0.818. The van der Waals surface area contributed by atoms with Gasteiger partial charge in [-0.05, 0) is 63.3 Å². The molecule has 21 heavy (non-hydrogen) atoms. The van der Waals surface area contributed by atoms with E-state index in [0.717, 1.165) is 31.2 Å². The van der Waals surface area contributed by atoms with Crippen LogP contribution in [0.1, 0.15) is 41.2 Å². The lowest BCUT2D eigenvalue weighted by molar-refractivity contribution is 0.0791. The molecule has 0 saturated heterocycles. The summed E-state index contributed by atoms with van der Waals surface area (Å²) in [4.78, 5) is 2.15. The van der Waals surface area contributed by atoms with Crippen molar-refractivity contribution in [1.29, 1.82) is 0 Å². The molecule has 3 nitrogen and oxygen atoms in total. The van der Waals surface area contributed by atoms with Crippen LogP contribution >= 0.6 is 0 Å². The molecule has 1 aromatic rings. The van der Waals surface area contributed by atoms with E-state index in [-0.39, 0.29) is 0 Å². The minimum atomic E-state index is -0.431. The van der Waals surface area contributed by atoms with Gasteiger partial charge in [0.25, 0.3) is 0 Å². The summed E-state index contributed by atoms with van der Waals surface area (Å²) >= 11 is 0. The molecular formula is C18H29NO2. The highest BCUT2D eigenvalue weighted by Gasteiger charge is 2.21. The maximum absolute atomic E-state index is 10.5. The summed E-state index contributed by atoms with van der Waals surface area (Å²) in [5.41, 5.74) is 4.69. The van der Waals surface area contributed by atoms with Gasteiger partial charge in [0, 0.05) is 19.7 Å². The molecule has 0 radical (unpaired) electrons. The second-order valence-electron chi connectivity index (χ2n) is 6.61. The Labute approximate surface area is 128 Å². The van der Waals surface area contributed by atoms with E-state index in [1.807, 2.05) is 7.05 Å². The van der Waals surface area contributed by atoms with Gasteiger partial charge in [-0.15, -0.1) is 0 Å². The maximum Gasteiger partial charge on any atom is 0.0921 e. The summed E-state index contributed by atoms with van der Waals surface area (Å²) < 4.78 is 5.66.